The second-order valence-electron chi connectivity index (χ2n) is 8.06. The Labute approximate surface area is 171 Å². The van der Waals surface area contributed by atoms with Crippen molar-refractivity contribution in [2.24, 2.45) is 0 Å². The number of aromatic nitrogens is 2. The van der Waals surface area contributed by atoms with Gasteiger partial charge < -0.3 is 4.90 Å². The minimum Gasteiger partial charge on any atom is -0.337 e. The number of benzene rings is 2. The molecule has 0 bridgehead atoms. The second-order valence-corrected chi connectivity index (χ2v) is 9.10. The molecule has 0 saturated heterocycles. The molecular weight excluding hydrogens is 366 g/mol. The second kappa shape index (κ2) is 8.31. The molecule has 0 saturated carbocycles. The average molecular weight is 394 g/mol. The standard InChI is InChI=1S/C23H27N3OS/c1-16-19-8-6-7-9-20(19)25-21(24-16)14-26(5)22(27)15-28-18-12-10-17(11-13-18)23(2,3)4/h6-13H,14-15H2,1-5H3. The van der Waals surface area contributed by atoms with Crippen LogP contribution in [0.2, 0.25) is 0 Å². The van der Waals surface area contributed by atoms with E-state index >= 15 is 0 Å². The fourth-order valence-electron chi connectivity index (χ4n) is 2.97. The SMILES string of the molecule is Cc1nc(CN(C)C(=O)CSc2ccc(C(C)(C)C)cc2)nc2ccccc12. The zero-order valence-electron chi connectivity index (χ0n) is 17.2. The average Bonchev–Trinajstić information content (AvgIpc) is 2.65. The highest BCUT2D eigenvalue weighted by Gasteiger charge is 2.15. The zero-order valence-corrected chi connectivity index (χ0v) is 18.0. The fourth-order valence-corrected chi connectivity index (χ4v) is 3.81. The molecule has 0 atom stereocenters. The van der Waals surface area contributed by atoms with Gasteiger partial charge >= 0.3 is 0 Å². The third-order valence-electron chi connectivity index (χ3n) is 4.73. The maximum absolute atomic E-state index is 12.5. The number of thioether (sulfide) groups is 1. The Kier molecular flexibility index (Phi) is 6.04. The molecule has 0 N–H and O–H groups in total. The summed E-state index contributed by atoms with van der Waals surface area (Å²) in [4.78, 5) is 24.5. The van der Waals surface area contributed by atoms with Crippen molar-refractivity contribution in [3.8, 4) is 0 Å². The van der Waals surface area contributed by atoms with Crippen LogP contribution >= 0.6 is 11.8 Å². The van der Waals surface area contributed by atoms with Crippen molar-refractivity contribution in [3.05, 3.63) is 65.6 Å². The van der Waals surface area contributed by atoms with E-state index in [0.717, 1.165) is 21.5 Å². The molecule has 146 valence electrons. The molecule has 2 aromatic carbocycles. The van der Waals surface area contributed by atoms with Crippen molar-refractivity contribution in [3.63, 3.8) is 0 Å². The van der Waals surface area contributed by atoms with Gasteiger partial charge in [-0.15, -0.1) is 11.8 Å². The van der Waals surface area contributed by atoms with Crippen LogP contribution in [0.25, 0.3) is 10.9 Å². The molecule has 3 aromatic rings. The predicted molar refractivity (Wildman–Crippen MR) is 117 cm³/mol. The van der Waals surface area contributed by atoms with Crippen LogP contribution in [0.3, 0.4) is 0 Å². The predicted octanol–water partition coefficient (Wildman–Crippen LogP) is 4.99. The van der Waals surface area contributed by atoms with Crippen molar-refractivity contribution >= 4 is 28.6 Å². The first-order valence-corrected chi connectivity index (χ1v) is 10.4. The van der Waals surface area contributed by atoms with Gasteiger partial charge in [0.15, 0.2) is 0 Å². The Bertz CT molecular complexity index is 977. The molecule has 3 rings (SSSR count). The molecule has 5 heteroatoms. The summed E-state index contributed by atoms with van der Waals surface area (Å²) in [7, 11) is 1.81. The maximum atomic E-state index is 12.5. The van der Waals surface area contributed by atoms with Crippen LogP contribution in [0.15, 0.2) is 53.4 Å². The molecule has 1 amide bonds. The van der Waals surface area contributed by atoms with Crippen LogP contribution in [0.4, 0.5) is 0 Å². The van der Waals surface area contributed by atoms with Crippen LogP contribution < -0.4 is 0 Å². The number of carbonyl (C=O) groups excluding carboxylic acids is 1. The number of hydrogen-bond donors (Lipinski definition) is 0. The van der Waals surface area contributed by atoms with Gasteiger partial charge in [0.05, 0.1) is 17.8 Å². The van der Waals surface area contributed by atoms with E-state index in [9.17, 15) is 4.79 Å². The number of rotatable bonds is 5. The Morgan fingerprint density at radius 3 is 2.39 bits per heavy atom. The van der Waals surface area contributed by atoms with Gasteiger partial charge in [0.2, 0.25) is 5.91 Å². The molecule has 0 aliphatic heterocycles. The number of nitrogens with zero attached hydrogens (tertiary/aromatic N) is 3. The van der Waals surface area contributed by atoms with E-state index < -0.39 is 0 Å². The summed E-state index contributed by atoms with van der Waals surface area (Å²) in [6.07, 6.45) is 0. The summed E-state index contributed by atoms with van der Waals surface area (Å²) in [6, 6.07) is 16.4. The Hall–Kier alpha value is -2.40. The summed E-state index contributed by atoms with van der Waals surface area (Å²) in [5.41, 5.74) is 3.29. The highest BCUT2D eigenvalue weighted by atomic mass is 32.2. The quantitative estimate of drug-likeness (QED) is 0.573. The molecule has 0 aliphatic carbocycles. The van der Waals surface area contributed by atoms with Gasteiger partial charge in [-0.1, -0.05) is 51.1 Å². The van der Waals surface area contributed by atoms with Crippen LogP contribution in [0.5, 0.6) is 0 Å². The molecule has 0 spiro atoms. The maximum Gasteiger partial charge on any atom is 0.233 e. The van der Waals surface area contributed by atoms with Gasteiger partial charge in [0, 0.05) is 23.0 Å². The van der Waals surface area contributed by atoms with Crippen molar-refractivity contribution in [1.82, 2.24) is 14.9 Å². The number of carbonyl (C=O) groups is 1. The first kappa shape index (κ1) is 20.3. The number of fused-ring (bicyclic) bond motifs is 1. The molecule has 0 fully saturated rings. The first-order chi connectivity index (χ1) is 13.2. The van der Waals surface area contributed by atoms with E-state index in [2.05, 4.69) is 55.0 Å². The summed E-state index contributed by atoms with van der Waals surface area (Å²) in [6.45, 7) is 8.99. The molecule has 0 radical (unpaired) electrons. The summed E-state index contributed by atoms with van der Waals surface area (Å²) >= 11 is 1.56. The zero-order chi connectivity index (χ0) is 20.3. The van der Waals surface area contributed by atoms with Crippen LogP contribution in [-0.4, -0.2) is 33.6 Å². The topological polar surface area (TPSA) is 46.1 Å². The van der Waals surface area contributed by atoms with E-state index in [0.29, 0.717) is 18.1 Å². The van der Waals surface area contributed by atoms with Gasteiger partial charge in [-0.05, 0) is 36.1 Å². The molecule has 28 heavy (non-hydrogen) atoms. The smallest absolute Gasteiger partial charge is 0.233 e. The van der Waals surface area contributed by atoms with Gasteiger partial charge in [0.1, 0.15) is 5.82 Å². The van der Waals surface area contributed by atoms with Crippen molar-refractivity contribution in [2.75, 3.05) is 12.8 Å². The van der Waals surface area contributed by atoms with Crippen molar-refractivity contribution in [1.29, 1.82) is 0 Å². The lowest BCUT2D eigenvalue weighted by Crippen LogP contribution is -2.28. The molecule has 0 aliphatic rings. The van der Waals surface area contributed by atoms with E-state index in [1.165, 1.54) is 5.56 Å². The van der Waals surface area contributed by atoms with E-state index in [-0.39, 0.29) is 11.3 Å². The van der Waals surface area contributed by atoms with Gasteiger partial charge in [-0.3, -0.25) is 4.79 Å². The Morgan fingerprint density at radius 2 is 1.71 bits per heavy atom. The lowest BCUT2D eigenvalue weighted by Gasteiger charge is -2.19. The van der Waals surface area contributed by atoms with Crippen molar-refractivity contribution in [2.45, 2.75) is 44.6 Å². The molecule has 4 nitrogen and oxygen atoms in total. The monoisotopic (exact) mass is 393 g/mol. The van der Waals surface area contributed by atoms with Gasteiger partial charge in [-0.2, -0.15) is 0 Å². The van der Waals surface area contributed by atoms with Crippen LogP contribution in [-0.2, 0) is 16.8 Å². The highest BCUT2D eigenvalue weighted by Crippen LogP contribution is 2.26. The van der Waals surface area contributed by atoms with Crippen molar-refractivity contribution < 1.29 is 4.79 Å². The molecular formula is C23H27N3OS. The number of para-hydroxylation sites is 1. The van der Waals surface area contributed by atoms with E-state index in [1.807, 2.05) is 31.2 Å². The van der Waals surface area contributed by atoms with E-state index in [4.69, 9.17) is 0 Å². The minimum absolute atomic E-state index is 0.0688. The van der Waals surface area contributed by atoms with Crippen LogP contribution in [0, 0.1) is 6.92 Å². The minimum atomic E-state index is 0.0688. The van der Waals surface area contributed by atoms with Gasteiger partial charge in [-0.25, -0.2) is 9.97 Å². The summed E-state index contributed by atoms with van der Waals surface area (Å²) in [5, 5.41) is 1.05. The fraction of sp³-hybridized carbons (Fsp3) is 0.348. The first-order valence-electron chi connectivity index (χ1n) is 9.43. The van der Waals surface area contributed by atoms with Gasteiger partial charge in [0.25, 0.3) is 0 Å². The summed E-state index contributed by atoms with van der Waals surface area (Å²) in [5.74, 6) is 1.14. The summed E-state index contributed by atoms with van der Waals surface area (Å²) < 4.78 is 0. The number of hydrogen-bond acceptors (Lipinski definition) is 4. The lowest BCUT2D eigenvalue weighted by molar-refractivity contribution is -0.127. The normalized spacial score (nSPS) is 11.6. The third-order valence-corrected chi connectivity index (χ3v) is 5.72. The largest absolute Gasteiger partial charge is 0.337 e. The Balaban J connectivity index is 1.60. The third kappa shape index (κ3) is 4.90. The molecule has 1 aromatic heterocycles. The van der Waals surface area contributed by atoms with Crippen LogP contribution in [0.1, 0.15) is 37.9 Å². The number of aryl methyl sites for hydroxylation is 1. The Morgan fingerprint density at radius 1 is 1.04 bits per heavy atom. The molecule has 0 unspecified atom stereocenters. The highest BCUT2D eigenvalue weighted by molar-refractivity contribution is 8.00. The van der Waals surface area contributed by atoms with E-state index in [1.54, 1.807) is 23.7 Å². The molecule has 1 heterocycles. The lowest BCUT2D eigenvalue weighted by atomic mass is 9.87. The number of amides is 1.